The first-order valence-corrected chi connectivity index (χ1v) is 8.62. The molecule has 21 heavy (non-hydrogen) atoms. The third-order valence-electron chi connectivity index (χ3n) is 3.96. The van der Waals surface area contributed by atoms with Crippen molar-refractivity contribution in [3.05, 3.63) is 36.9 Å². The van der Waals surface area contributed by atoms with Crippen LogP contribution in [0.1, 0.15) is 13.8 Å². The lowest BCUT2D eigenvalue weighted by molar-refractivity contribution is 0.184. The summed E-state index contributed by atoms with van der Waals surface area (Å²) in [6.07, 6.45) is 1.92. The molecule has 1 saturated heterocycles. The lowest BCUT2D eigenvalue weighted by Crippen LogP contribution is -2.56. The normalized spacial score (nSPS) is 24.0. The molecule has 0 bridgehead atoms. The van der Waals surface area contributed by atoms with Gasteiger partial charge in [-0.05, 0) is 32.0 Å². The summed E-state index contributed by atoms with van der Waals surface area (Å²) in [6.45, 7) is 10.8. The molecule has 2 atom stereocenters. The second kappa shape index (κ2) is 6.17. The molecule has 1 aromatic carbocycles. The number of benzene rings is 1. The maximum atomic E-state index is 11.5. The number of nitrogens with two attached hydrogens (primary N) is 1. The van der Waals surface area contributed by atoms with Crippen LogP contribution in [0.15, 0.2) is 41.8 Å². The second-order valence-corrected chi connectivity index (χ2v) is 7.20. The highest BCUT2D eigenvalue weighted by Gasteiger charge is 2.28. The van der Waals surface area contributed by atoms with Gasteiger partial charge >= 0.3 is 0 Å². The van der Waals surface area contributed by atoms with Gasteiger partial charge in [-0.3, -0.25) is 4.90 Å². The van der Waals surface area contributed by atoms with Gasteiger partial charge in [-0.15, -0.1) is 6.58 Å². The second-order valence-electron chi connectivity index (χ2n) is 5.64. The quantitative estimate of drug-likeness (QED) is 0.854. The Kier molecular flexibility index (Phi) is 4.70. The number of hydrogen-bond donors (Lipinski definition) is 1. The number of rotatable bonds is 4. The Labute approximate surface area is 127 Å². The fraction of sp³-hybridized carbons (Fsp3) is 0.467. The third-order valence-corrected chi connectivity index (χ3v) is 4.87. The van der Waals surface area contributed by atoms with Crippen LogP contribution in [-0.2, 0) is 10.0 Å². The zero-order chi connectivity index (χ0) is 15.6. The summed E-state index contributed by atoms with van der Waals surface area (Å²) in [6, 6.07) is 7.54. The summed E-state index contributed by atoms with van der Waals surface area (Å²) in [7, 11) is -3.66. The van der Waals surface area contributed by atoms with Crippen LogP contribution in [0.5, 0.6) is 0 Å². The summed E-state index contributed by atoms with van der Waals surface area (Å²) >= 11 is 0. The van der Waals surface area contributed by atoms with E-state index in [0.717, 1.165) is 25.3 Å². The molecule has 5 nitrogen and oxygen atoms in total. The minimum atomic E-state index is -3.66. The molecule has 2 N–H and O–H groups in total. The predicted octanol–water partition coefficient (Wildman–Crippen LogP) is 1.42. The number of piperazine rings is 1. The van der Waals surface area contributed by atoms with E-state index in [0.29, 0.717) is 12.1 Å². The first-order valence-electron chi connectivity index (χ1n) is 7.07. The molecule has 0 aromatic heterocycles. The van der Waals surface area contributed by atoms with Crippen LogP contribution >= 0.6 is 0 Å². The summed E-state index contributed by atoms with van der Waals surface area (Å²) in [5, 5.41) is 5.21. The van der Waals surface area contributed by atoms with Crippen molar-refractivity contribution in [2.75, 3.05) is 24.5 Å². The molecule has 1 aromatic rings. The van der Waals surface area contributed by atoms with E-state index < -0.39 is 10.0 Å². The van der Waals surface area contributed by atoms with E-state index in [2.05, 4.69) is 30.2 Å². The monoisotopic (exact) mass is 309 g/mol. The number of anilines is 1. The number of primary sulfonamides is 1. The van der Waals surface area contributed by atoms with Crippen LogP contribution in [0.2, 0.25) is 0 Å². The average molecular weight is 309 g/mol. The topological polar surface area (TPSA) is 66.6 Å². The summed E-state index contributed by atoms with van der Waals surface area (Å²) in [4.78, 5) is 4.77. The van der Waals surface area contributed by atoms with Crippen molar-refractivity contribution in [2.45, 2.75) is 30.8 Å². The standard InChI is InChI=1S/C15H23N3O2S/c1-4-8-17-10-13(3)18(11-12(17)2)14-6-5-7-15(9-14)21(16,19)20/h4-7,9,12-13H,1,8,10-11H2,2-3H3,(H2,16,19,20). The van der Waals surface area contributed by atoms with Crippen LogP contribution < -0.4 is 10.0 Å². The molecule has 2 unspecified atom stereocenters. The molecular formula is C15H23N3O2S. The highest BCUT2D eigenvalue weighted by molar-refractivity contribution is 7.89. The molecule has 0 saturated carbocycles. The van der Waals surface area contributed by atoms with Gasteiger partial charge in [0, 0.05) is 37.4 Å². The summed E-state index contributed by atoms with van der Waals surface area (Å²) in [5.74, 6) is 0. The Bertz CT molecular complexity index is 615. The molecule has 1 aliphatic heterocycles. The van der Waals surface area contributed by atoms with E-state index in [1.54, 1.807) is 12.1 Å². The van der Waals surface area contributed by atoms with Gasteiger partial charge in [-0.2, -0.15) is 0 Å². The van der Waals surface area contributed by atoms with Crippen LogP contribution in [0.25, 0.3) is 0 Å². The lowest BCUT2D eigenvalue weighted by atomic mass is 10.1. The maximum absolute atomic E-state index is 11.5. The third kappa shape index (κ3) is 3.64. The predicted molar refractivity (Wildman–Crippen MR) is 85.9 cm³/mol. The molecule has 1 aliphatic rings. The van der Waals surface area contributed by atoms with Gasteiger partial charge in [0.05, 0.1) is 4.90 Å². The molecule has 0 radical (unpaired) electrons. The van der Waals surface area contributed by atoms with Crippen LogP contribution in [0.3, 0.4) is 0 Å². The van der Waals surface area contributed by atoms with Crippen molar-refractivity contribution in [3.63, 3.8) is 0 Å². The van der Waals surface area contributed by atoms with Crippen molar-refractivity contribution in [2.24, 2.45) is 5.14 Å². The molecular weight excluding hydrogens is 286 g/mol. The van der Waals surface area contributed by atoms with Crippen molar-refractivity contribution >= 4 is 15.7 Å². The fourth-order valence-corrected chi connectivity index (χ4v) is 3.37. The Balaban J connectivity index is 2.25. The first kappa shape index (κ1) is 16.0. The maximum Gasteiger partial charge on any atom is 0.238 e. The van der Waals surface area contributed by atoms with E-state index in [9.17, 15) is 8.42 Å². The Morgan fingerprint density at radius 2 is 2.05 bits per heavy atom. The number of nitrogens with zero attached hydrogens (tertiary/aromatic N) is 2. The molecule has 1 fully saturated rings. The van der Waals surface area contributed by atoms with Crippen molar-refractivity contribution in [1.29, 1.82) is 0 Å². The Morgan fingerprint density at radius 3 is 2.67 bits per heavy atom. The van der Waals surface area contributed by atoms with Gasteiger partial charge in [-0.25, -0.2) is 13.6 Å². The molecule has 2 rings (SSSR count). The van der Waals surface area contributed by atoms with E-state index in [4.69, 9.17) is 5.14 Å². The minimum Gasteiger partial charge on any atom is -0.366 e. The molecule has 0 amide bonds. The largest absolute Gasteiger partial charge is 0.366 e. The zero-order valence-electron chi connectivity index (χ0n) is 12.6. The van der Waals surface area contributed by atoms with Gasteiger partial charge in [0.15, 0.2) is 0 Å². The Hall–Kier alpha value is -1.37. The number of hydrogen-bond acceptors (Lipinski definition) is 4. The van der Waals surface area contributed by atoms with Crippen molar-refractivity contribution in [1.82, 2.24) is 4.90 Å². The summed E-state index contributed by atoms with van der Waals surface area (Å²) in [5.41, 5.74) is 0.902. The van der Waals surface area contributed by atoms with Gasteiger partial charge < -0.3 is 4.90 Å². The fourth-order valence-electron chi connectivity index (χ4n) is 2.82. The lowest BCUT2D eigenvalue weighted by Gasteiger charge is -2.45. The highest BCUT2D eigenvalue weighted by atomic mass is 32.2. The minimum absolute atomic E-state index is 0.161. The van der Waals surface area contributed by atoms with Crippen LogP contribution in [0, 0.1) is 0 Å². The smallest absolute Gasteiger partial charge is 0.238 e. The van der Waals surface area contributed by atoms with E-state index >= 15 is 0 Å². The molecule has 0 spiro atoms. The molecule has 0 aliphatic carbocycles. The molecule has 6 heteroatoms. The summed E-state index contributed by atoms with van der Waals surface area (Å²) < 4.78 is 23.0. The van der Waals surface area contributed by atoms with E-state index in [1.165, 1.54) is 6.07 Å². The molecule has 116 valence electrons. The first-order chi connectivity index (χ1) is 9.82. The Morgan fingerprint density at radius 1 is 1.33 bits per heavy atom. The number of sulfonamides is 1. The van der Waals surface area contributed by atoms with Crippen LogP contribution in [-0.4, -0.2) is 45.0 Å². The van der Waals surface area contributed by atoms with Gasteiger partial charge in [0.25, 0.3) is 0 Å². The van der Waals surface area contributed by atoms with E-state index in [1.807, 2.05) is 12.1 Å². The van der Waals surface area contributed by atoms with Gasteiger partial charge in [-0.1, -0.05) is 12.1 Å². The SMILES string of the molecule is C=CCN1CC(C)N(c2cccc(S(N)(=O)=O)c2)CC1C. The molecule has 1 heterocycles. The highest BCUT2D eigenvalue weighted by Crippen LogP contribution is 2.25. The van der Waals surface area contributed by atoms with Crippen molar-refractivity contribution < 1.29 is 8.42 Å². The average Bonchev–Trinajstić information content (AvgIpc) is 2.42. The van der Waals surface area contributed by atoms with Crippen LogP contribution in [0.4, 0.5) is 5.69 Å². The van der Waals surface area contributed by atoms with Crippen molar-refractivity contribution in [3.8, 4) is 0 Å². The van der Waals surface area contributed by atoms with Gasteiger partial charge in [0.2, 0.25) is 10.0 Å². The van der Waals surface area contributed by atoms with E-state index in [-0.39, 0.29) is 4.90 Å². The zero-order valence-corrected chi connectivity index (χ0v) is 13.4. The van der Waals surface area contributed by atoms with Gasteiger partial charge in [0.1, 0.15) is 0 Å².